The molecule has 1 saturated carbocycles. The van der Waals surface area contributed by atoms with Crippen LogP contribution in [-0.4, -0.2) is 48.4 Å². The van der Waals surface area contributed by atoms with Gasteiger partial charge < -0.3 is 10.1 Å². The molecule has 21 heavy (non-hydrogen) atoms. The molecule has 0 radical (unpaired) electrons. The van der Waals surface area contributed by atoms with E-state index in [-0.39, 0.29) is 35.6 Å². The Morgan fingerprint density at radius 1 is 1.33 bits per heavy atom. The van der Waals surface area contributed by atoms with Crippen molar-refractivity contribution in [2.75, 3.05) is 20.2 Å². The molecule has 1 N–H and O–H groups in total. The van der Waals surface area contributed by atoms with E-state index in [4.69, 9.17) is 4.74 Å². The second-order valence-electron chi connectivity index (χ2n) is 6.79. The van der Waals surface area contributed by atoms with Crippen molar-refractivity contribution in [3.63, 3.8) is 0 Å². The van der Waals surface area contributed by atoms with Gasteiger partial charge in [0.1, 0.15) is 5.54 Å². The Hall–Kier alpha value is -1.43. The van der Waals surface area contributed by atoms with Crippen molar-refractivity contribution in [2.24, 2.45) is 17.3 Å². The number of piperidine rings is 1. The first-order valence-electron chi connectivity index (χ1n) is 7.39. The summed E-state index contributed by atoms with van der Waals surface area (Å²) >= 11 is 0. The van der Waals surface area contributed by atoms with Crippen LogP contribution >= 0.6 is 0 Å². The highest BCUT2D eigenvalue weighted by Gasteiger charge is 2.72. The number of rotatable bonds is 6. The van der Waals surface area contributed by atoms with Crippen molar-refractivity contribution in [2.45, 2.75) is 39.7 Å². The minimum absolute atomic E-state index is 0.0282. The quantitative estimate of drug-likeness (QED) is 0.572. The molecule has 1 saturated heterocycles. The third-order valence-electron chi connectivity index (χ3n) is 4.77. The molecule has 3 atom stereocenters. The maximum Gasteiger partial charge on any atom is 0.327 e. The minimum Gasteiger partial charge on any atom is -0.468 e. The van der Waals surface area contributed by atoms with Crippen molar-refractivity contribution < 1.29 is 19.1 Å². The molecule has 2 aliphatic rings. The molecule has 6 heteroatoms. The third kappa shape index (κ3) is 2.35. The standard InChI is InChI=1S/C15H24N2O4/c1-6-7-16-15(4,13(20)21-5)8-17-11(18)9-10(12(17)19)14(9,2)3/h9-10,16H,6-8H2,1-5H3. The molecule has 1 heterocycles. The van der Waals surface area contributed by atoms with E-state index in [1.54, 1.807) is 6.92 Å². The minimum atomic E-state index is -1.06. The highest BCUT2D eigenvalue weighted by molar-refractivity contribution is 6.10. The van der Waals surface area contributed by atoms with Gasteiger partial charge in [0.2, 0.25) is 11.8 Å². The smallest absolute Gasteiger partial charge is 0.327 e. The van der Waals surface area contributed by atoms with Crippen LogP contribution < -0.4 is 5.32 Å². The van der Waals surface area contributed by atoms with Gasteiger partial charge in [-0.05, 0) is 25.3 Å². The summed E-state index contributed by atoms with van der Waals surface area (Å²) in [5, 5.41) is 3.09. The van der Waals surface area contributed by atoms with Gasteiger partial charge in [0.05, 0.1) is 25.5 Å². The Labute approximate surface area is 125 Å². The molecular weight excluding hydrogens is 272 g/mol. The molecule has 6 nitrogen and oxygen atoms in total. The number of hydrogen-bond acceptors (Lipinski definition) is 5. The first-order valence-corrected chi connectivity index (χ1v) is 7.39. The van der Waals surface area contributed by atoms with Crippen LogP contribution in [0.4, 0.5) is 0 Å². The van der Waals surface area contributed by atoms with Crippen LogP contribution in [0.15, 0.2) is 0 Å². The molecule has 2 amide bonds. The first kappa shape index (κ1) is 15.9. The van der Waals surface area contributed by atoms with Crippen molar-refractivity contribution >= 4 is 17.8 Å². The van der Waals surface area contributed by atoms with E-state index in [0.717, 1.165) is 6.42 Å². The molecule has 0 bridgehead atoms. The average Bonchev–Trinajstić information content (AvgIpc) is 2.92. The zero-order chi connectivity index (χ0) is 16.0. The normalized spacial score (nSPS) is 29.1. The van der Waals surface area contributed by atoms with Crippen LogP contribution in [-0.2, 0) is 19.1 Å². The summed E-state index contributed by atoms with van der Waals surface area (Å²) in [6.45, 7) is 8.16. The Bertz CT molecular complexity index is 464. The third-order valence-corrected chi connectivity index (χ3v) is 4.77. The number of carbonyl (C=O) groups is 3. The molecule has 2 rings (SSSR count). The van der Waals surface area contributed by atoms with Crippen molar-refractivity contribution in [1.82, 2.24) is 10.2 Å². The summed E-state index contributed by atoms with van der Waals surface area (Å²) < 4.78 is 4.82. The average molecular weight is 296 g/mol. The van der Waals surface area contributed by atoms with Crippen LogP contribution in [0.2, 0.25) is 0 Å². The summed E-state index contributed by atoms with van der Waals surface area (Å²) in [6.07, 6.45) is 0.840. The van der Waals surface area contributed by atoms with E-state index >= 15 is 0 Å². The summed E-state index contributed by atoms with van der Waals surface area (Å²) in [4.78, 5) is 38.0. The molecule has 2 fully saturated rings. The fourth-order valence-electron chi connectivity index (χ4n) is 3.29. The van der Waals surface area contributed by atoms with Gasteiger partial charge in [0.25, 0.3) is 0 Å². The van der Waals surface area contributed by atoms with Gasteiger partial charge in [-0.2, -0.15) is 0 Å². The number of nitrogens with one attached hydrogen (secondary N) is 1. The lowest BCUT2D eigenvalue weighted by Crippen LogP contribution is -2.59. The largest absolute Gasteiger partial charge is 0.468 e. The van der Waals surface area contributed by atoms with Gasteiger partial charge >= 0.3 is 5.97 Å². The second kappa shape index (κ2) is 5.09. The Morgan fingerprint density at radius 3 is 2.29 bits per heavy atom. The fraction of sp³-hybridized carbons (Fsp3) is 0.800. The number of hydrogen-bond donors (Lipinski definition) is 1. The molecule has 0 aromatic rings. The van der Waals surface area contributed by atoms with Gasteiger partial charge in [-0.3, -0.25) is 14.5 Å². The van der Waals surface area contributed by atoms with E-state index in [0.29, 0.717) is 6.54 Å². The van der Waals surface area contributed by atoms with Gasteiger partial charge in [-0.1, -0.05) is 20.8 Å². The van der Waals surface area contributed by atoms with Crippen LogP contribution in [0.1, 0.15) is 34.1 Å². The van der Waals surface area contributed by atoms with E-state index in [1.807, 2.05) is 20.8 Å². The van der Waals surface area contributed by atoms with E-state index in [2.05, 4.69) is 5.32 Å². The van der Waals surface area contributed by atoms with Crippen LogP contribution in [0.5, 0.6) is 0 Å². The Kier molecular flexibility index (Phi) is 3.86. The molecular formula is C15H24N2O4. The number of carbonyl (C=O) groups excluding carboxylic acids is 3. The second-order valence-corrected chi connectivity index (χ2v) is 6.79. The molecule has 3 unspecified atom stereocenters. The van der Waals surface area contributed by atoms with Crippen LogP contribution in [0.25, 0.3) is 0 Å². The predicted octanol–water partition coefficient (Wildman–Crippen LogP) is 0.559. The summed E-state index contributed by atoms with van der Waals surface area (Å²) in [7, 11) is 1.31. The van der Waals surface area contributed by atoms with Crippen molar-refractivity contribution in [3.8, 4) is 0 Å². The van der Waals surface area contributed by atoms with Gasteiger partial charge in [-0.25, -0.2) is 4.79 Å². The lowest BCUT2D eigenvalue weighted by molar-refractivity contribution is -0.152. The van der Waals surface area contributed by atoms with Crippen molar-refractivity contribution in [3.05, 3.63) is 0 Å². The number of ether oxygens (including phenoxy) is 1. The number of methoxy groups -OCH3 is 1. The van der Waals surface area contributed by atoms with Gasteiger partial charge in [0, 0.05) is 0 Å². The topological polar surface area (TPSA) is 75.7 Å². The lowest BCUT2D eigenvalue weighted by Gasteiger charge is -2.32. The molecule has 0 spiro atoms. The number of imide groups is 1. The summed E-state index contributed by atoms with van der Waals surface area (Å²) in [5.41, 5.74) is -1.29. The number of fused-ring (bicyclic) bond motifs is 1. The first-order chi connectivity index (χ1) is 9.70. The zero-order valence-electron chi connectivity index (χ0n) is 13.4. The molecule has 0 aromatic heterocycles. The molecule has 1 aliphatic heterocycles. The SMILES string of the molecule is CCCNC(C)(CN1C(=O)C2C(C1=O)C2(C)C)C(=O)OC. The highest BCUT2D eigenvalue weighted by Crippen LogP contribution is 2.63. The molecule has 118 valence electrons. The zero-order valence-corrected chi connectivity index (χ0v) is 13.4. The van der Waals surface area contributed by atoms with Gasteiger partial charge in [0.15, 0.2) is 0 Å². The Balaban J connectivity index is 2.14. The summed E-state index contributed by atoms with van der Waals surface area (Å²) in [6, 6.07) is 0. The number of likely N-dealkylation sites (tertiary alicyclic amines) is 1. The predicted molar refractivity (Wildman–Crippen MR) is 76.2 cm³/mol. The van der Waals surface area contributed by atoms with Gasteiger partial charge in [-0.15, -0.1) is 0 Å². The molecule has 0 aromatic carbocycles. The highest BCUT2D eigenvalue weighted by atomic mass is 16.5. The monoisotopic (exact) mass is 296 g/mol. The van der Waals surface area contributed by atoms with Crippen LogP contribution in [0, 0.1) is 17.3 Å². The number of amides is 2. The van der Waals surface area contributed by atoms with E-state index in [9.17, 15) is 14.4 Å². The van der Waals surface area contributed by atoms with E-state index in [1.165, 1.54) is 12.0 Å². The maximum atomic E-state index is 12.4. The summed E-state index contributed by atoms with van der Waals surface area (Å²) in [5.74, 6) is -1.24. The van der Waals surface area contributed by atoms with E-state index < -0.39 is 11.5 Å². The van der Waals surface area contributed by atoms with Crippen LogP contribution in [0.3, 0.4) is 0 Å². The Morgan fingerprint density at radius 2 is 1.86 bits per heavy atom. The number of esters is 1. The number of nitrogens with zero attached hydrogens (tertiary/aromatic N) is 1. The fourth-order valence-corrected chi connectivity index (χ4v) is 3.29. The molecule has 1 aliphatic carbocycles. The lowest BCUT2D eigenvalue weighted by atomic mass is 9.99. The van der Waals surface area contributed by atoms with Crippen molar-refractivity contribution in [1.29, 1.82) is 0 Å². The maximum absolute atomic E-state index is 12.4.